The van der Waals surface area contributed by atoms with E-state index in [9.17, 15) is 0 Å². The van der Waals surface area contributed by atoms with Gasteiger partial charge in [-0.05, 0) is 5.16 Å². The molecule has 1 atom stereocenters. The lowest BCUT2D eigenvalue weighted by Gasteiger charge is -2.21. The normalized spacial score (nSPS) is 13.1. The predicted octanol–water partition coefficient (Wildman–Crippen LogP) is 15.1. The van der Waals surface area contributed by atoms with Gasteiger partial charge in [0.05, 0.1) is 0 Å². The summed E-state index contributed by atoms with van der Waals surface area (Å²) in [6, 6.07) is -1.13. The fraction of sp³-hybridized carbons (Fsp3) is 1.00. The van der Waals surface area contributed by atoms with Gasteiger partial charge in [-0.2, -0.15) is 0 Å². The summed E-state index contributed by atoms with van der Waals surface area (Å²) in [6.07, 6.45) is 45.4. The van der Waals surface area contributed by atoms with Crippen LogP contribution in [-0.2, 0) is 0 Å². The van der Waals surface area contributed by atoms with Crippen molar-refractivity contribution in [3.63, 3.8) is 0 Å². The van der Waals surface area contributed by atoms with Crippen molar-refractivity contribution in [1.82, 2.24) is 0 Å². The van der Waals surface area contributed by atoms with Gasteiger partial charge in [0.15, 0.2) is 0 Å². The molecule has 1 unspecified atom stereocenters. The summed E-state index contributed by atoms with van der Waals surface area (Å²) < 4.78 is 0. The van der Waals surface area contributed by atoms with E-state index < -0.39 is 6.00 Å². The standard InChI is InChI=1S/C36H75Cl3Si2/c1-3-5-7-9-11-13-15-17-19-21-23-25-27-29-31-33-35-40-36(41(37,38)39)34-32-30-28-26-24-22-20-18-16-14-12-10-8-6-4-2/h36H,3-35,40H2,1-2H3. The van der Waals surface area contributed by atoms with Gasteiger partial charge in [0, 0.05) is 9.52 Å². The molecule has 0 N–H and O–H groups in total. The van der Waals surface area contributed by atoms with Gasteiger partial charge in [0.25, 0.3) is 0 Å². The van der Waals surface area contributed by atoms with Crippen LogP contribution >= 0.6 is 33.2 Å². The van der Waals surface area contributed by atoms with Gasteiger partial charge in [0.1, 0.15) is 0 Å². The Labute approximate surface area is 277 Å². The van der Waals surface area contributed by atoms with E-state index in [1.54, 1.807) is 0 Å². The zero-order valence-electron chi connectivity index (χ0n) is 28.3. The Morgan fingerprint density at radius 1 is 0.366 bits per heavy atom. The Morgan fingerprint density at radius 2 is 0.610 bits per heavy atom. The highest BCUT2D eigenvalue weighted by Crippen LogP contribution is 2.37. The van der Waals surface area contributed by atoms with Crippen molar-refractivity contribution in [2.75, 3.05) is 0 Å². The smallest absolute Gasteiger partial charge is 0.126 e. The third-order valence-electron chi connectivity index (χ3n) is 9.28. The van der Waals surface area contributed by atoms with Crippen LogP contribution in [0.1, 0.15) is 219 Å². The van der Waals surface area contributed by atoms with E-state index in [0.717, 1.165) is 0 Å². The maximum Gasteiger partial charge on any atom is 0.341 e. The van der Waals surface area contributed by atoms with Crippen LogP contribution in [0.25, 0.3) is 0 Å². The van der Waals surface area contributed by atoms with Crippen molar-refractivity contribution >= 4 is 48.8 Å². The Hall–Kier alpha value is 1.30. The first-order chi connectivity index (χ1) is 20.0. The van der Waals surface area contributed by atoms with E-state index in [-0.39, 0.29) is 9.52 Å². The van der Waals surface area contributed by atoms with Gasteiger partial charge in [-0.3, -0.25) is 0 Å². The summed E-state index contributed by atoms with van der Waals surface area (Å²) in [5.41, 5.74) is 0. The van der Waals surface area contributed by atoms with Crippen LogP contribution in [0.4, 0.5) is 0 Å². The van der Waals surface area contributed by atoms with Crippen LogP contribution < -0.4 is 0 Å². The minimum absolute atomic E-state index is 0.242. The third kappa shape index (κ3) is 34.0. The number of hydrogen-bond donors (Lipinski definition) is 0. The van der Waals surface area contributed by atoms with Gasteiger partial charge >= 0.3 is 6.00 Å². The number of rotatable bonds is 35. The number of hydrogen-bond acceptors (Lipinski definition) is 0. The monoisotopic (exact) mass is 668 g/mol. The Bertz CT molecular complexity index is 484. The molecule has 0 spiro atoms. The van der Waals surface area contributed by atoms with Crippen LogP contribution in [0.3, 0.4) is 0 Å². The molecule has 0 saturated carbocycles. The molecule has 0 saturated heterocycles. The van der Waals surface area contributed by atoms with Gasteiger partial charge < -0.3 is 0 Å². The second-order valence-corrected chi connectivity index (χ2v) is 25.5. The van der Waals surface area contributed by atoms with E-state index in [4.69, 9.17) is 33.2 Å². The fourth-order valence-electron chi connectivity index (χ4n) is 6.35. The molecule has 0 aliphatic rings. The molecule has 41 heavy (non-hydrogen) atoms. The van der Waals surface area contributed by atoms with Crippen LogP contribution in [0, 0.1) is 0 Å². The first-order valence-corrected chi connectivity index (χ1v) is 26.0. The maximum absolute atomic E-state index is 6.55. The third-order valence-corrected chi connectivity index (χ3v) is 20.3. The highest BCUT2D eigenvalue weighted by molar-refractivity contribution is 7.66. The summed E-state index contributed by atoms with van der Waals surface area (Å²) in [6.45, 7) is 4.60. The molecule has 0 heterocycles. The average molecular weight is 671 g/mol. The molecule has 0 amide bonds. The highest BCUT2D eigenvalue weighted by atomic mass is 35.8. The van der Waals surface area contributed by atoms with Crippen molar-refractivity contribution in [2.24, 2.45) is 0 Å². The van der Waals surface area contributed by atoms with Crippen molar-refractivity contribution in [1.29, 1.82) is 0 Å². The quantitative estimate of drug-likeness (QED) is 0.0358. The van der Waals surface area contributed by atoms with Crippen molar-refractivity contribution in [3.8, 4) is 0 Å². The number of unbranched alkanes of at least 4 members (excludes halogenated alkanes) is 29. The van der Waals surface area contributed by atoms with Crippen LogP contribution in [-0.4, -0.2) is 15.5 Å². The number of halogens is 3. The van der Waals surface area contributed by atoms with Gasteiger partial charge in [-0.1, -0.05) is 225 Å². The molecule has 0 rings (SSSR count). The molecule has 0 nitrogen and oxygen atoms in total. The lowest BCUT2D eigenvalue weighted by molar-refractivity contribution is 0.530. The SMILES string of the molecule is CCCCCCCCCCCCCCCCCC[SiH2]C(CCCCCCCCCCCCCCCCC)[Si](Cl)(Cl)Cl. The highest BCUT2D eigenvalue weighted by Gasteiger charge is 2.35. The minimum Gasteiger partial charge on any atom is -0.126 e. The van der Waals surface area contributed by atoms with E-state index in [0.29, 0.717) is 5.16 Å². The second-order valence-electron chi connectivity index (χ2n) is 13.4. The molecule has 5 heteroatoms. The Morgan fingerprint density at radius 3 is 0.878 bits per heavy atom. The summed E-state index contributed by atoms with van der Waals surface area (Å²) >= 11 is 19.6. The van der Waals surface area contributed by atoms with Crippen molar-refractivity contribution in [2.45, 2.75) is 231 Å². The largest absolute Gasteiger partial charge is 0.341 e. The predicted molar refractivity (Wildman–Crippen MR) is 200 cm³/mol. The topological polar surface area (TPSA) is 0 Å². The van der Waals surface area contributed by atoms with Gasteiger partial charge in [-0.25, -0.2) is 0 Å². The molecule has 0 aromatic carbocycles. The molecule has 0 fully saturated rings. The molecular formula is C36H75Cl3Si2. The molecule has 0 aromatic heterocycles. The van der Waals surface area contributed by atoms with Crippen molar-refractivity contribution in [3.05, 3.63) is 0 Å². The van der Waals surface area contributed by atoms with Gasteiger partial charge in [0.2, 0.25) is 0 Å². The minimum atomic E-state index is -2.53. The summed E-state index contributed by atoms with van der Waals surface area (Å²) in [7, 11) is -0.242. The van der Waals surface area contributed by atoms with E-state index in [1.165, 1.54) is 212 Å². The maximum atomic E-state index is 6.55. The van der Waals surface area contributed by atoms with E-state index in [2.05, 4.69) is 13.8 Å². The molecule has 248 valence electrons. The first-order valence-electron chi connectivity index (χ1n) is 19.1. The molecule has 0 aliphatic carbocycles. The second kappa shape index (κ2) is 34.2. The molecule has 0 bridgehead atoms. The first kappa shape index (κ1) is 42.3. The lowest BCUT2D eigenvalue weighted by atomic mass is 10.0. The average Bonchev–Trinajstić information content (AvgIpc) is 2.95. The van der Waals surface area contributed by atoms with Crippen LogP contribution in [0.5, 0.6) is 0 Å². The summed E-state index contributed by atoms with van der Waals surface area (Å²) in [4.78, 5) is 0. The van der Waals surface area contributed by atoms with Gasteiger partial charge in [-0.15, -0.1) is 33.2 Å². The fourth-order valence-corrected chi connectivity index (χ4v) is 14.4. The summed E-state index contributed by atoms with van der Waals surface area (Å²) in [5, 5.41) is 0.505. The molecule has 0 aliphatic heterocycles. The Balaban J connectivity index is 3.49. The summed E-state index contributed by atoms with van der Waals surface area (Å²) in [5.74, 6) is 0. The Kier molecular flexibility index (Phi) is 35.3. The zero-order chi connectivity index (χ0) is 30.1. The van der Waals surface area contributed by atoms with Crippen molar-refractivity contribution < 1.29 is 0 Å². The van der Waals surface area contributed by atoms with E-state index in [1.807, 2.05) is 0 Å². The van der Waals surface area contributed by atoms with Crippen LogP contribution in [0.2, 0.25) is 11.2 Å². The molecule has 0 radical (unpaired) electrons. The molecular weight excluding hydrogens is 595 g/mol. The molecule has 0 aromatic rings. The lowest BCUT2D eigenvalue weighted by Crippen LogP contribution is -2.25. The van der Waals surface area contributed by atoms with Crippen LogP contribution in [0.15, 0.2) is 0 Å². The van der Waals surface area contributed by atoms with E-state index >= 15 is 0 Å². The zero-order valence-corrected chi connectivity index (χ0v) is 32.9.